The average Bonchev–Trinajstić information content (AvgIpc) is 2.77. The van der Waals surface area contributed by atoms with Crippen LogP contribution < -0.4 is 21.5 Å². The van der Waals surface area contributed by atoms with Gasteiger partial charge in [0.2, 0.25) is 5.91 Å². The van der Waals surface area contributed by atoms with Gasteiger partial charge in [-0.15, -0.1) is 0 Å². The van der Waals surface area contributed by atoms with Crippen LogP contribution in [-0.2, 0) is 4.79 Å². The largest absolute Gasteiger partial charge is 0.465 e. The zero-order valence-electron chi connectivity index (χ0n) is 10.2. The standard InChI is InChI=1S/C10H12ClN5O4/c11-6-5(3-13-15-7(6)17)16-2-1-10(4-16,8(12)18)14-9(19)20/h3,14H,1-2,4H2,(H2,12,18)(H,15,17)(H,19,20). The minimum Gasteiger partial charge on any atom is -0.465 e. The normalized spacial score (nSPS) is 21.8. The molecule has 20 heavy (non-hydrogen) atoms. The first kappa shape index (κ1) is 14.1. The number of aromatic amines is 1. The van der Waals surface area contributed by atoms with Gasteiger partial charge in [-0.2, -0.15) is 5.10 Å². The quantitative estimate of drug-likeness (QED) is 0.571. The van der Waals surface area contributed by atoms with E-state index in [4.69, 9.17) is 22.4 Å². The number of carbonyl (C=O) groups excluding carboxylic acids is 1. The molecule has 0 aliphatic carbocycles. The highest BCUT2D eigenvalue weighted by atomic mass is 35.5. The maximum absolute atomic E-state index is 11.5. The number of carbonyl (C=O) groups is 2. The minimum absolute atomic E-state index is 0.0144. The summed E-state index contributed by atoms with van der Waals surface area (Å²) in [6, 6.07) is 0. The first-order valence-electron chi connectivity index (χ1n) is 5.65. The molecular weight excluding hydrogens is 290 g/mol. The summed E-state index contributed by atoms with van der Waals surface area (Å²) in [5.41, 5.74) is 3.64. The number of nitrogens with one attached hydrogen (secondary N) is 2. The van der Waals surface area contributed by atoms with Crippen LogP contribution in [0.3, 0.4) is 0 Å². The van der Waals surface area contributed by atoms with E-state index >= 15 is 0 Å². The number of hydrogen-bond acceptors (Lipinski definition) is 5. The van der Waals surface area contributed by atoms with E-state index in [1.807, 2.05) is 0 Å². The predicted molar refractivity (Wildman–Crippen MR) is 69.8 cm³/mol. The van der Waals surface area contributed by atoms with Gasteiger partial charge in [-0.05, 0) is 6.42 Å². The summed E-state index contributed by atoms with van der Waals surface area (Å²) in [6.07, 6.45) is 0.167. The van der Waals surface area contributed by atoms with Gasteiger partial charge in [0, 0.05) is 6.54 Å². The van der Waals surface area contributed by atoms with Crippen molar-refractivity contribution in [2.24, 2.45) is 5.73 Å². The number of aromatic nitrogens is 2. The molecule has 9 nitrogen and oxygen atoms in total. The summed E-state index contributed by atoms with van der Waals surface area (Å²) in [7, 11) is 0. The molecule has 2 heterocycles. The Bertz CT molecular complexity index is 618. The van der Waals surface area contributed by atoms with Crippen LogP contribution in [0.4, 0.5) is 10.5 Å². The van der Waals surface area contributed by atoms with Crippen LogP contribution in [0.2, 0.25) is 5.02 Å². The zero-order valence-corrected chi connectivity index (χ0v) is 11.0. The molecule has 0 saturated carbocycles. The summed E-state index contributed by atoms with van der Waals surface area (Å²) < 4.78 is 0. The lowest BCUT2D eigenvalue weighted by atomic mass is 9.98. The minimum atomic E-state index is -1.40. The Morgan fingerprint density at radius 2 is 2.30 bits per heavy atom. The topological polar surface area (TPSA) is 141 Å². The van der Waals surface area contributed by atoms with Gasteiger partial charge in [-0.1, -0.05) is 11.6 Å². The van der Waals surface area contributed by atoms with Crippen molar-refractivity contribution in [1.29, 1.82) is 0 Å². The van der Waals surface area contributed by atoms with Crippen LogP contribution in [0.5, 0.6) is 0 Å². The number of rotatable bonds is 3. The summed E-state index contributed by atoms with van der Waals surface area (Å²) in [5, 5.41) is 16.7. The molecule has 0 spiro atoms. The van der Waals surface area contributed by atoms with Crippen molar-refractivity contribution >= 4 is 29.3 Å². The van der Waals surface area contributed by atoms with E-state index in [0.717, 1.165) is 0 Å². The fourth-order valence-corrected chi connectivity index (χ4v) is 2.39. The third-order valence-corrected chi connectivity index (χ3v) is 3.57. The molecule has 1 atom stereocenters. The maximum Gasteiger partial charge on any atom is 0.405 e. The molecule has 1 aromatic heterocycles. The molecule has 0 radical (unpaired) electrons. The molecule has 108 valence electrons. The zero-order chi connectivity index (χ0) is 14.9. The summed E-state index contributed by atoms with van der Waals surface area (Å²) >= 11 is 5.87. The Hall–Kier alpha value is -2.29. The van der Waals surface area contributed by atoms with E-state index in [2.05, 4.69) is 15.5 Å². The molecule has 10 heteroatoms. The third kappa shape index (κ3) is 2.39. The van der Waals surface area contributed by atoms with E-state index in [1.165, 1.54) is 6.20 Å². The lowest BCUT2D eigenvalue weighted by Crippen LogP contribution is -2.58. The Morgan fingerprint density at radius 1 is 1.60 bits per heavy atom. The summed E-state index contributed by atoms with van der Waals surface area (Å²) in [6.45, 7) is 0.299. The van der Waals surface area contributed by atoms with Crippen LogP contribution in [0, 0.1) is 0 Å². The molecule has 5 N–H and O–H groups in total. The molecule has 2 amide bonds. The highest BCUT2D eigenvalue weighted by Crippen LogP contribution is 2.29. The molecule has 1 aromatic rings. The first-order chi connectivity index (χ1) is 9.35. The van der Waals surface area contributed by atoms with Crippen molar-refractivity contribution in [2.75, 3.05) is 18.0 Å². The number of nitrogens with zero attached hydrogens (tertiary/aromatic N) is 2. The fraction of sp³-hybridized carbons (Fsp3) is 0.400. The Labute approximate surface area is 117 Å². The summed E-state index contributed by atoms with van der Waals surface area (Å²) in [5.74, 6) is -0.781. The van der Waals surface area contributed by atoms with Gasteiger partial charge in [0.1, 0.15) is 10.6 Å². The molecule has 1 aliphatic heterocycles. The van der Waals surface area contributed by atoms with E-state index in [0.29, 0.717) is 12.2 Å². The third-order valence-electron chi connectivity index (χ3n) is 3.20. The smallest absolute Gasteiger partial charge is 0.405 e. The van der Waals surface area contributed by atoms with Crippen molar-refractivity contribution < 1.29 is 14.7 Å². The van der Waals surface area contributed by atoms with Gasteiger partial charge in [0.15, 0.2) is 0 Å². The second-order valence-corrected chi connectivity index (χ2v) is 4.82. The molecule has 1 aliphatic rings. The predicted octanol–water partition coefficient (Wildman–Crippen LogP) is -0.875. The SMILES string of the molecule is NC(=O)C1(NC(=O)O)CCN(c2cn[nH]c(=O)c2Cl)C1. The van der Waals surface area contributed by atoms with Gasteiger partial charge in [-0.3, -0.25) is 9.59 Å². The van der Waals surface area contributed by atoms with Gasteiger partial charge < -0.3 is 21.1 Å². The monoisotopic (exact) mass is 301 g/mol. The second kappa shape index (κ2) is 5.00. The van der Waals surface area contributed by atoms with Gasteiger partial charge in [0.25, 0.3) is 5.56 Å². The van der Waals surface area contributed by atoms with Crippen LogP contribution in [0.1, 0.15) is 6.42 Å². The number of carboxylic acid groups (broad SMARTS) is 1. The maximum atomic E-state index is 11.5. The van der Waals surface area contributed by atoms with Crippen molar-refractivity contribution in [3.8, 4) is 0 Å². The second-order valence-electron chi connectivity index (χ2n) is 4.45. The van der Waals surface area contributed by atoms with E-state index in [1.54, 1.807) is 4.90 Å². The highest BCUT2D eigenvalue weighted by molar-refractivity contribution is 6.33. The number of nitrogens with two attached hydrogens (primary N) is 1. The van der Waals surface area contributed by atoms with Crippen molar-refractivity contribution in [3.63, 3.8) is 0 Å². The van der Waals surface area contributed by atoms with Crippen LogP contribution in [0.15, 0.2) is 11.0 Å². The first-order valence-corrected chi connectivity index (χ1v) is 6.03. The Kier molecular flexibility index (Phi) is 3.53. The van der Waals surface area contributed by atoms with Crippen molar-refractivity contribution in [3.05, 3.63) is 21.6 Å². The molecule has 0 bridgehead atoms. The number of anilines is 1. The van der Waals surface area contributed by atoms with E-state index < -0.39 is 23.1 Å². The van der Waals surface area contributed by atoms with Crippen LogP contribution in [-0.4, -0.2) is 45.9 Å². The number of hydrogen-bond donors (Lipinski definition) is 4. The highest BCUT2D eigenvalue weighted by Gasteiger charge is 2.45. The Morgan fingerprint density at radius 3 is 2.90 bits per heavy atom. The Balaban J connectivity index is 2.31. The fourth-order valence-electron chi connectivity index (χ4n) is 2.18. The van der Waals surface area contributed by atoms with Crippen molar-refractivity contribution in [2.45, 2.75) is 12.0 Å². The molecule has 1 unspecified atom stereocenters. The molecule has 0 aromatic carbocycles. The van der Waals surface area contributed by atoms with E-state index in [9.17, 15) is 14.4 Å². The lowest BCUT2D eigenvalue weighted by Gasteiger charge is -2.26. The number of amides is 2. The van der Waals surface area contributed by atoms with Gasteiger partial charge >= 0.3 is 6.09 Å². The van der Waals surface area contributed by atoms with E-state index in [-0.39, 0.29) is 18.0 Å². The van der Waals surface area contributed by atoms with Crippen LogP contribution in [0.25, 0.3) is 0 Å². The van der Waals surface area contributed by atoms with Gasteiger partial charge in [0.05, 0.1) is 18.4 Å². The molecular formula is C10H12ClN5O4. The molecule has 1 fully saturated rings. The molecule has 2 rings (SSSR count). The van der Waals surface area contributed by atoms with Crippen LogP contribution >= 0.6 is 11.6 Å². The number of primary amides is 1. The summed E-state index contributed by atoms with van der Waals surface area (Å²) in [4.78, 5) is 35.3. The van der Waals surface area contributed by atoms with Gasteiger partial charge in [-0.25, -0.2) is 9.89 Å². The number of H-pyrrole nitrogens is 1. The number of halogens is 1. The molecule has 1 saturated heterocycles. The lowest BCUT2D eigenvalue weighted by molar-refractivity contribution is -0.123. The average molecular weight is 302 g/mol. The van der Waals surface area contributed by atoms with Crippen molar-refractivity contribution in [1.82, 2.24) is 15.5 Å².